The average Bonchev–Trinajstić information content (AvgIpc) is 2.54. The molecule has 1 amide bonds. The summed E-state index contributed by atoms with van der Waals surface area (Å²) < 4.78 is 29.3. The molecule has 1 heterocycles. The van der Waals surface area contributed by atoms with Crippen molar-refractivity contribution in [3.05, 3.63) is 29.6 Å². The summed E-state index contributed by atoms with van der Waals surface area (Å²) in [5.74, 6) is -1.58. The number of halogens is 1. The van der Waals surface area contributed by atoms with Crippen LogP contribution in [0.1, 0.15) is 10.4 Å². The number of carbonyl (C=O) groups excluding carboxylic acids is 1. The number of ether oxygens (including phenoxy) is 3. The van der Waals surface area contributed by atoms with Gasteiger partial charge in [-0.3, -0.25) is 4.79 Å². The number of aliphatic hydroxyl groups excluding tert-OH is 1. The summed E-state index contributed by atoms with van der Waals surface area (Å²) in [4.78, 5) is 12.1. The van der Waals surface area contributed by atoms with Crippen molar-refractivity contribution in [1.82, 2.24) is 5.32 Å². The van der Waals surface area contributed by atoms with Crippen molar-refractivity contribution < 1.29 is 28.5 Å². The number of nitrogens with one attached hydrogen (secondary N) is 1. The van der Waals surface area contributed by atoms with Crippen LogP contribution in [-0.4, -0.2) is 57.2 Å². The van der Waals surface area contributed by atoms with Gasteiger partial charge in [0.15, 0.2) is 11.6 Å². The van der Waals surface area contributed by atoms with Gasteiger partial charge in [0, 0.05) is 19.6 Å². The van der Waals surface area contributed by atoms with Crippen LogP contribution < -0.4 is 10.1 Å². The maximum Gasteiger partial charge on any atom is 0.254 e. The highest BCUT2D eigenvalue weighted by Crippen LogP contribution is 2.20. The van der Waals surface area contributed by atoms with E-state index >= 15 is 0 Å². The Kier molecular flexibility index (Phi) is 5.70. The van der Waals surface area contributed by atoms with Gasteiger partial charge in [-0.15, -0.1) is 0 Å². The molecule has 6 nitrogen and oxygen atoms in total. The number of benzene rings is 1. The first kappa shape index (κ1) is 16.7. The van der Waals surface area contributed by atoms with Crippen molar-refractivity contribution in [1.29, 1.82) is 0 Å². The van der Waals surface area contributed by atoms with E-state index in [-0.39, 0.29) is 23.8 Å². The van der Waals surface area contributed by atoms with Crippen molar-refractivity contribution in [3.8, 4) is 5.75 Å². The third kappa shape index (κ3) is 3.55. The Morgan fingerprint density at radius 1 is 1.45 bits per heavy atom. The molecule has 0 aliphatic carbocycles. The van der Waals surface area contributed by atoms with Crippen LogP contribution in [0.25, 0.3) is 0 Å². The highest BCUT2D eigenvalue weighted by Gasteiger charge is 2.33. The maximum atomic E-state index is 14.0. The van der Waals surface area contributed by atoms with E-state index < -0.39 is 23.9 Å². The molecule has 1 fully saturated rings. The van der Waals surface area contributed by atoms with E-state index in [1.54, 1.807) is 0 Å². The molecule has 2 N–H and O–H groups in total. The normalized spacial score (nSPS) is 24.8. The Bertz CT molecular complexity index is 525. The average molecular weight is 313 g/mol. The van der Waals surface area contributed by atoms with Crippen LogP contribution in [0.15, 0.2) is 18.2 Å². The first-order valence-electron chi connectivity index (χ1n) is 6.97. The van der Waals surface area contributed by atoms with Crippen molar-refractivity contribution in [3.63, 3.8) is 0 Å². The molecule has 0 unspecified atom stereocenters. The number of rotatable bonds is 5. The summed E-state index contributed by atoms with van der Waals surface area (Å²) >= 11 is 0. The summed E-state index contributed by atoms with van der Waals surface area (Å²) in [5.41, 5.74) is -0.103. The molecule has 1 aliphatic heterocycles. The van der Waals surface area contributed by atoms with E-state index in [2.05, 4.69) is 5.32 Å². The van der Waals surface area contributed by atoms with E-state index in [0.29, 0.717) is 13.2 Å². The van der Waals surface area contributed by atoms with Crippen LogP contribution in [0, 0.1) is 11.7 Å². The number of carbonyl (C=O) groups is 1. The van der Waals surface area contributed by atoms with Crippen molar-refractivity contribution in [2.24, 2.45) is 5.92 Å². The van der Waals surface area contributed by atoms with Crippen LogP contribution in [0.5, 0.6) is 5.75 Å². The third-order valence-electron chi connectivity index (χ3n) is 3.73. The molecule has 122 valence electrons. The maximum absolute atomic E-state index is 14.0. The van der Waals surface area contributed by atoms with E-state index in [9.17, 15) is 14.3 Å². The van der Waals surface area contributed by atoms with Crippen LogP contribution >= 0.6 is 0 Å². The molecule has 1 aromatic rings. The standard InChI is InChI=1S/C15H20FNO5/c1-20-11-5-3-4-10(13(11)16)15(19)17-6-9-7-22-8-12(21-2)14(9)18/h3-5,9,12,14,18H,6-8H2,1-2H3,(H,17,19)/t9-,12-,14+/m1/s1. The summed E-state index contributed by atoms with van der Waals surface area (Å²) in [7, 11) is 2.82. The van der Waals surface area contributed by atoms with Crippen molar-refractivity contribution in [2.75, 3.05) is 34.0 Å². The SMILES string of the molecule is COc1cccc(C(=O)NC[C@@H]2COC[C@@H](OC)[C@H]2O)c1F. The van der Waals surface area contributed by atoms with Gasteiger partial charge in [0.2, 0.25) is 0 Å². The van der Waals surface area contributed by atoms with Gasteiger partial charge >= 0.3 is 0 Å². The van der Waals surface area contributed by atoms with E-state index in [1.807, 2.05) is 0 Å². The fourth-order valence-electron chi connectivity index (χ4n) is 2.39. The van der Waals surface area contributed by atoms with Gasteiger partial charge in [-0.2, -0.15) is 0 Å². The monoisotopic (exact) mass is 313 g/mol. The number of aliphatic hydroxyl groups is 1. The fraction of sp³-hybridized carbons (Fsp3) is 0.533. The largest absolute Gasteiger partial charge is 0.494 e. The smallest absolute Gasteiger partial charge is 0.254 e. The molecule has 0 bridgehead atoms. The van der Waals surface area contributed by atoms with Crippen LogP contribution in [0.3, 0.4) is 0 Å². The Balaban J connectivity index is 1.98. The Morgan fingerprint density at radius 2 is 2.23 bits per heavy atom. The van der Waals surface area contributed by atoms with Crippen LogP contribution in [-0.2, 0) is 9.47 Å². The lowest BCUT2D eigenvalue weighted by Gasteiger charge is -2.33. The lowest BCUT2D eigenvalue weighted by Crippen LogP contribution is -2.49. The van der Waals surface area contributed by atoms with Gasteiger partial charge < -0.3 is 24.6 Å². The van der Waals surface area contributed by atoms with Gasteiger partial charge in [0.25, 0.3) is 5.91 Å². The Hall–Kier alpha value is -1.70. The molecule has 1 aliphatic rings. The number of methoxy groups -OCH3 is 2. The van der Waals surface area contributed by atoms with Crippen molar-refractivity contribution >= 4 is 5.91 Å². The second-order valence-electron chi connectivity index (χ2n) is 5.09. The molecular weight excluding hydrogens is 293 g/mol. The quantitative estimate of drug-likeness (QED) is 0.832. The minimum absolute atomic E-state index is 0.00753. The second-order valence-corrected chi connectivity index (χ2v) is 5.09. The van der Waals surface area contributed by atoms with E-state index in [1.165, 1.54) is 32.4 Å². The molecule has 0 spiro atoms. The van der Waals surface area contributed by atoms with Gasteiger partial charge in [0.1, 0.15) is 6.10 Å². The summed E-state index contributed by atoms with van der Waals surface area (Å²) in [6.07, 6.45) is -1.17. The van der Waals surface area contributed by atoms with Gasteiger partial charge in [-0.05, 0) is 12.1 Å². The molecule has 1 saturated heterocycles. The minimum Gasteiger partial charge on any atom is -0.494 e. The predicted octanol–water partition coefficient (Wildman–Crippen LogP) is 0.586. The summed E-state index contributed by atoms with van der Waals surface area (Å²) in [6, 6.07) is 4.35. The second kappa shape index (κ2) is 7.53. The summed E-state index contributed by atoms with van der Waals surface area (Å²) in [6.45, 7) is 0.783. The highest BCUT2D eigenvalue weighted by atomic mass is 19.1. The first-order valence-corrected chi connectivity index (χ1v) is 6.97. The van der Waals surface area contributed by atoms with E-state index in [4.69, 9.17) is 14.2 Å². The molecule has 3 atom stereocenters. The molecule has 0 aromatic heterocycles. The molecule has 0 radical (unpaired) electrons. The lowest BCUT2D eigenvalue weighted by molar-refractivity contribution is -0.132. The molecule has 2 rings (SSSR count). The number of hydrogen-bond acceptors (Lipinski definition) is 5. The molecule has 0 saturated carbocycles. The Morgan fingerprint density at radius 3 is 2.91 bits per heavy atom. The first-order chi connectivity index (χ1) is 10.6. The van der Waals surface area contributed by atoms with Gasteiger partial charge in [0.05, 0.1) is 32.0 Å². The molecular formula is C15H20FNO5. The number of amides is 1. The minimum atomic E-state index is -0.741. The predicted molar refractivity (Wildman–Crippen MR) is 76.4 cm³/mol. The zero-order chi connectivity index (χ0) is 16.1. The number of hydrogen-bond donors (Lipinski definition) is 2. The lowest BCUT2D eigenvalue weighted by atomic mass is 9.96. The molecule has 1 aromatic carbocycles. The third-order valence-corrected chi connectivity index (χ3v) is 3.73. The summed E-state index contributed by atoms with van der Waals surface area (Å²) in [5, 5.41) is 12.7. The fourth-order valence-corrected chi connectivity index (χ4v) is 2.39. The topological polar surface area (TPSA) is 77.0 Å². The van der Waals surface area contributed by atoms with Crippen LogP contribution in [0.2, 0.25) is 0 Å². The van der Waals surface area contributed by atoms with Gasteiger partial charge in [-0.25, -0.2) is 4.39 Å². The molecule has 22 heavy (non-hydrogen) atoms. The van der Waals surface area contributed by atoms with Gasteiger partial charge in [-0.1, -0.05) is 6.07 Å². The highest BCUT2D eigenvalue weighted by molar-refractivity contribution is 5.94. The zero-order valence-electron chi connectivity index (χ0n) is 12.5. The van der Waals surface area contributed by atoms with E-state index in [0.717, 1.165) is 0 Å². The van der Waals surface area contributed by atoms with Crippen molar-refractivity contribution in [2.45, 2.75) is 12.2 Å². The zero-order valence-corrected chi connectivity index (χ0v) is 12.5. The van der Waals surface area contributed by atoms with Crippen LogP contribution in [0.4, 0.5) is 4.39 Å². The Labute approximate surface area is 128 Å². The molecule has 7 heteroatoms.